The quantitative estimate of drug-likeness (QED) is 0.570. The number of rotatable bonds is 2. The first-order chi connectivity index (χ1) is 7.18. The van der Waals surface area contributed by atoms with Crippen LogP contribution in [-0.4, -0.2) is 19.9 Å². The van der Waals surface area contributed by atoms with E-state index in [2.05, 4.69) is 10.3 Å². The fourth-order valence-electron chi connectivity index (χ4n) is 1.16. The fourth-order valence-corrected chi connectivity index (χ4v) is 1.16. The lowest BCUT2D eigenvalue weighted by Crippen LogP contribution is -2.13. The predicted molar refractivity (Wildman–Crippen MR) is 50.8 cm³/mol. The normalized spacial score (nSPS) is 10.1. The van der Waals surface area contributed by atoms with Crippen molar-refractivity contribution in [3.63, 3.8) is 0 Å². The second-order valence-corrected chi connectivity index (χ2v) is 2.81. The molecule has 1 N–H and O–H groups in total. The van der Waals surface area contributed by atoms with Gasteiger partial charge in [-0.2, -0.15) is 5.10 Å². The van der Waals surface area contributed by atoms with Gasteiger partial charge in [-0.05, 0) is 12.1 Å². The molecular weight excluding hydrogens is 200 g/mol. The summed E-state index contributed by atoms with van der Waals surface area (Å²) in [6.07, 6.45) is 1.13. The fraction of sp³-hybridized carbons (Fsp3) is 0. The lowest BCUT2D eigenvalue weighted by atomic mass is 10.3. The number of nitrogens with one attached hydrogen (secondary N) is 1. The zero-order valence-electron chi connectivity index (χ0n) is 7.45. The van der Waals surface area contributed by atoms with Crippen LogP contribution >= 0.6 is 0 Å². The molecule has 0 aliphatic carbocycles. The second-order valence-electron chi connectivity index (χ2n) is 2.81. The molecule has 0 aliphatic heterocycles. The molecule has 2 rings (SSSR count). The number of nitrogens with zero attached hydrogens (tertiary/aromatic N) is 3. The van der Waals surface area contributed by atoms with Crippen molar-refractivity contribution < 1.29 is 4.92 Å². The van der Waals surface area contributed by atoms with E-state index in [1.54, 1.807) is 0 Å². The minimum Gasteiger partial charge on any atom is -0.266 e. The van der Waals surface area contributed by atoms with Crippen LogP contribution in [0.4, 0.5) is 5.69 Å². The first-order valence-corrected chi connectivity index (χ1v) is 4.06. The van der Waals surface area contributed by atoms with Gasteiger partial charge in [-0.25, -0.2) is 9.90 Å². The minimum atomic E-state index is -0.500. The number of benzene rings is 1. The summed E-state index contributed by atoms with van der Waals surface area (Å²) < 4.78 is 1.18. The van der Waals surface area contributed by atoms with Crippen LogP contribution in [-0.2, 0) is 0 Å². The highest BCUT2D eigenvalue weighted by atomic mass is 16.6. The van der Waals surface area contributed by atoms with E-state index in [1.165, 1.54) is 28.9 Å². The number of nitro groups is 1. The summed E-state index contributed by atoms with van der Waals surface area (Å²) in [5.41, 5.74) is 0.165. The second kappa shape index (κ2) is 3.37. The molecule has 0 fully saturated rings. The van der Waals surface area contributed by atoms with Gasteiger partial charge in [-0.1, -0.05) is 0 Å². The van der Waals surface area contributed by atoms with Crippen LogP contribution < -0.4 is 5.56 Å². The maximum Gasteiger partial charge on any atom is 0.291 e. The number of hydrogen-bond acceptors (Lipinski definition) is 4. The molecule has 0 saturated heterocycles. The molecule has 76 valence electrons. The summed E-state index contributed by atoms with van der Waals surface area (Å²) in [4.78, 5) is 21.1. The van der Waals surface area contributed by atoms with Crippen molar-refractivity contribution in [3.8, 4) is 5.69 Å². The third-order valence-corrected chi connectivity index (χ3v) is 1.87. The monoisotopic (exact) mass is 206 g/mol. The summed E-state index contributed by atoms with van der Waals surface area (Å²) in [6.45, 7) is 0. The molecule has 0 amide bonds. The Labute approximate surface area is 83.1 Å². The molecule has 0 radical (unpaired) electrons. The van der Waals surface area contributed by atoms with E-state index in [1.807, 2.05) is 0 Å². The van der Waals surface area contributed by atoms with E-state index in [4.69, 9.17) is 0 Å². The summed E-state index contributed by atoms with van der Waals surface area (Å²) in [6, 6.07) is 5.58. The molecule has 0 spiro atoms. The topological polar surface area (TPSA) is 93.8 Å². The largest absolute Gasteiger partial charge is 0.291 e. The molecule has 7 heteroatoms. The van der Waals surface area contributed by atoms with Crippen molar-refractivity contribution in [2.75, 3.05) is 0 Å². The van der Waals surface area contributed by atoms with Gasteiger partial charge < -0.3 is 0 Å². The van der Waals surface area contributed by atoms with Crippen molar-refractivity contribution >= 4 is 5.69 Å². The van der Waals surface area contributed by atoms with Crippen LogP contribution in [0, 0.1) is 10.1 Å². The van der Waals surface area contributed by atoms with E-state index in [-0.39, 0.29) is 11.2 Å². The van der Waals surface area contributed by atoms with Crippen LogP contribution in [0.5, 0.6) is 0 Å². The van der Waals surface area contributed by atoms with E-state index in [0.717, 1.165) is 6.20 Å². The minimum absolute atomic E-state index is 0.0219. The molecule has 2 aromatic rings. The Hall–Kier alpha value is -2.44. The molecular formula is C8H6N4O3. The summed E-state index contributed by atoms with van der Waals surface area (Å²) in [7, 11) is 0. The lowest BCUT2D eigenvalue weighted by Gasteiger charge is -1.98. The van der Waals surface area contributed by atoms with Crippen LogP contribution in [0.2, 0.25) is 0 Å². The van der Waals surface area contributed by atoms with Gasteiger partial charge in [0.15, 0.2) is 0 Å². The van der Waals surface area contributed by atoms with E-state index in [9.17, 15) is 14.9 Å². The molecule has 1 aromatic carbocycles. The third kappa shape index (κ3) is 1.62. The van der Waals surface area contributed by atoms with Crippen molar-refractivity contribution in [3.05, 3.63) is 50.9 Å². The van der Waals surface area contributed by atoms with Gasteiger partial charge in [-0.15, -0.1) is 0 Å². The Balaban J connectivity index is 2.44. The number of nitro benzene ring substituents is 1. The molecule has 1 aromatic heterocycles. The number of non-ortho nitro benzene ring substituents is 1. The highest BCUT2D eigenvalue weighted by Gasteiger charge is 2.06. The summed E-state index contributed by atoms with van der Waals surface area (Å²) in [5.74, 6) is 0. The van der Waals surface area contributed by atoms with Crippen molar-refractivity contribution in [2.45, 2.75) is 0 Å². The van der Waals surface area contributed by atoms with E-state index in [0.29, 0.717) is 5.69 Å². The van der Waals surface area contributed by atoms with E-state index >= 15 is 0 Å². The van der Waals surface area contributed by atoms with Gasteiger partial charge in [0, 0.05) is 12.1 Å². The summed E-state index contributed by atoms with van der Waals surface area (Å²) in [5, 5.41) is 16.4. The Bertz CT molecular complexity index is 540. The SMILES string of the molecule is O=c1cn[nH]n1-c1ccc([N+](=O)[O-])cc1. The first-order valence-electron chi connectivity index (χ1n) is 4.06. The zero-order valence-corrected chi connectivity index (χ0v) is 7.45. The molecule has 15 heavy (non-hydrogen) atoms. The Kier molecular flexibility index (Phi) is 2.05. The van der Waals surface area contributed by atoms with Crippen LogP contribution in [0.25, 0.3) is 5.69 Å². The maximum absolute atomic E-state index is 11.2. The van der Waals surface area contributed by atoms with Crippen LogP contribution in [0.1, 0.15) is 0 Å². The van der Waals surface area contributed by atoms with Crippen molar-refractivity contribution in [2.24, 2.45) is 0 Å². The highest BCUT2D eigenvalue weighted by Crippen LogP contribution is 2.12. The standard InChI is InChI=1S/C8H6N4O3/c13-8-5-9-10-11(8)6-1-3-7(4-2-6)12(14)15/h1-5,10H. The number of aromatic amines is 1. The van der Waals surface area contributed by atoms with Gasteiger partial charge in [0.2, 0.25) is 0 Å². The molecule has 0 saturated carbocycles. The van der Waals surface area contributed by atoms with Gasteiger partial charge >= 0.3 is 0 Å². The molecule has 0 aliphatic rings. The third-order valence-electron chi connectivity index (χ3n) is 1.87. The predicted octanol–water partition coefficient (Wildman–Crippen LogP) is 0.469. The smallest absolute Gasteiger partial charge is 0.266 e. The van der Waals surface area contributed by atoms with Gasteiger partial charge in [0.1, 0.15) is 6.20 Å². The molecule has 1 heterocycles. The molecule has 0 bridgehead atoms. The van der Waals surface area contributed by atoms with Gasteiger partial charge in [0.25, 0.3) is 11.2 Å². The molecule has 7 nitrogen and oxygen atoms in total. The Morgan fingerprint density at radius 2 is 2.00 bits per heavy atom. The number of H-pyrrole nitrogens is 1. The number of aromatic nitrogens is 3. The highest BCUT2D eigenvalue weighted by molar-refractivity contribution is 5.39. The Morgan fingerprint density at radius 3 is 2.47 bits per heavy atom. The average Bonchev–Trinajstić information content (AvgIpc) is 2.65. The van der Waals surface area contributed by atoms with Crippen LogP contribution in [0.15, 0.2) is 35.3 Å². The Morgan fingerprint density at radius 1 is 1.33 bits per heavy atom. The van der Waals surface area contributed by atoms with Crippen LogP contribution in [0.3, 0.4) is 0 Å². The van der Waals surface area contributed by atoms with Crippen molar-refractivity contribution in [1.29, 1.82) is 0 Å². The van der Waals surface area contributed by atoms with E-state index < -0.39 is 4.92 Å². The zero-order chi connectivity index (χ0) is 10.8. The van der Waals surface area contributed by atoms with Crippen molar-refractivity contribution in [1.82, 2.24) is 15.0 Å². The lowest BCUT2D eigenvalue weighted by molar-refractivity contribution is -0.384. The summed E-state index contributed by atoms with van der Waals surface area (Å²) >= 11 is 0. The first kappa shape index (κ1) is 9.13. The number of hydrogen-bond donors (Lipinski definition) is 1. The maximum atomic E-state index is 11.2. The molecule has 0 unspecified atom stereocenters. The van der Waals surface area contributed by atoms with Gasteiger partial charge in [-0.3, -0.25) is 14.9 Å². The average molecular weight is 206 g/mol. The van der Waals surface area contributed by atoms with Gasteiger partial charge in [0.05, 0.1) is 10.6 Å². The molecule has 0 atom stereocenters.